The third kappa shape index (κ3) is 1.24. The largest absolute Gasteiger partial charge is 0.324 e. The molecule has 0 radical (unpaired) electrons. The first-order valence-electron chi connectivity index (χ1n) is 4.00. The quantitative estimate of drug-likeness (QED) is 0.712. The van der Waals surface area contributed by atoms with E-state index < -0.39 is 0 Å². The third-order valence-electron chi connectivity index (χ3n) is 2.00. The molecule has 0 spiro atoms. The van der Waals surface area contributed by atoms with Crippen molar-refractivity contribution in [3.8, 4) is 0 Å². The number of hydrogen-bond acceptors (Lipinski definition) is 2. The molecular formula is C10H11NS. The number of thiophene rings is 1. The second-order valence-electron chi connectivity index (χ2n) is 3.01. The molecule has 1 atom stereocenters. The van der Waals surface area contributed by atoms with E-state index in [1.54, 1.807) is 11.3 Å². The first-order chi connectivity index (χ1) is 5.77. The van der Waals surface area contributed by atoms with Crippen LogP contribution in [-0.4, -0.2) is 0 Å². The highest BCUT2D eigenvalue weighted by Crippen LogP contribution is 2.23. The van der Waals surface area contributed by atoms with Gasteiger partial charge in [-0.3, -0.25) is 0 Å². The Balaban J connectivity index is 2.60. The van der Waals surface area contributed by atoms with Crippen LogP contribution in [-0.2, 0) is 0 Å². The highest BCUT2D eigenvalue weighted by molar-refractivity contribution is 7.17. The van der Waals surface area contributed by atoms with Crippen molar-refractivity contribution in [3.63, 3.8) is 0 Å². The van der Waals surface area contributed by atoms with Gasteiger partial charge in [0.05, 0.1) is 0 Å². The summed E-state index contributed by atoms with van der Waals surface area (Å²) in [5.74, 6) is 0. The molecule has 2 heteroatoms. The van der Waals surface area contributed by atoms with Crippen LogP contribution < -0.4 is 5.73 Å². The van der Waals surface area contributed by atoms with Gasteiger partial charge < -0.3 is 5.73 Å². The van der Waals surface area contributed by atoms with E-state index in [9.17, 15) is 0 Å². The summed E-state index contributed by atoms with van der Waals surface area (Å²) in [6.07, 6.45) is 0. The zero-order chi connectivity index (χ0) is 8.55. The molecule has 0 unspecified atom stereocenters. The standard InChI is InChI=1S/C10H11NS/c1-7(11)8-2-3-10-9(6-8)4-5-12-10/h2-7H,11H2,1H3/t7-/m1/s1. The number of nitrogens with two attached hydrogens (primary N) is 1. The van der Waals surface area contributed by atoms with E-state index in [-0.39, 0.29) is 6.04 Å². The average Bonchev–Trinajstić information content (AvgIpc) is 2.49. The SMILES string of the molecule is C[C@@H](N)c1ccc2sccc2c1. The number of benzene rings is 1. The zero-order valence-corrected chi connectivity index (χ0v) is 7.77. The van der Waals surface area contributed by atoms with Crippen LogP contribution in [0.4, 0.5) is 0 Å². The predicted molar refractivity (Wildman–Crippen MR) is 54.4 cm³/mol. The molecule has 0 aliphatic carbocycles. The molecule has 2 rings (SSSR count). The van der Waals surface area contributed by atoms with Gasteiger partial charge in [-0.1, -0.05) is 6.07 Å². The normalized spacial score (nSPS) is 13.5. The van der Waals surface area contributed by atoms with E-state index in [1.165, 1.54) is 15.6 Å². The molecule has 0 saturated heterocycles. The number of hydrogen-bond donors (Lipinski definition) is 1. The zero-order valence-electron chi connectivity index (χ0n) is 6.95. The molecule has 0 saturated carbocycles. The van der Waals surface area contributed by atoms with E-state index in [4.69, 9.17) is 5.73 Å². The van der Waals surface area contributed by atoms with Crippen LogP contribution in [0.5, 0.6) is 0 Å². The first kappa shape index (κ1) is 7.77. The molecule has 0 aliphatic heterocycles. The summed E-state index contributed by atoms with van der Waals surface area (Å²) in [5.41, 5.74) is 6.99. The lowest BCUT2D eigenvalue weighted by atomic mass is 10.1. The van der Waals surface area contributed by atoms with E-state index >= 15 is 0 Å². The monoisotopic (exact) mass is 177 g/mol. The Hall–Kier alpha value is -0.860. The van der Waals surface area contributed by atoms with E-state index in [0.29, 0.717) is 0 Å². The Bertz CT molecular complexity index is 389. The summed E-state index contributed by atoms with van der Waals surface area (Å²) in [5, 5.41) is 3.41. The van der Waals surface area contributed by atoms with Crippen molar-refractivity contribution >= 4 is 21.4 Å². The lowest BCUT2D eigenvalue weighted by Gasteiger charge is -2.04. The molecule has 0 amide bonds. The van der Waals surface area contributed by atoms with Gasteiger partial charge in [0.1, 0.15) is 0 Å². The molecule has 2 N–H and O–H groups in total. The Morgan fingerprint density at radius 1 is 1.33 bits per heavy atom. The van der Waals surface area contributed by atoms with Crippen LogP contribution in [0.3, 0.4) is 0 Å². The van der Waals surface area contributed by atoms with Gasteiger partial charge in [-0.15, -0.1) is 11.3 Å². The maximum atomic E-state index is 5.78. The Morgan fingerprint density at radius 2 is 2.17 bits per heavy atom. The first-order valence-corrected chi connectivity index (χ1v) is 4.88. The molecule has 1 nitrogen and oxygen atoms in total. The van der Waals surface area contributed by atoms with Crippen molar-refractivity contribution in [1.29, 1.82) is 0 Å². The van der Waals surface area contributed by atoms with Crippen LogP contribution in [0, 0.1) is 0 Å². The minimum absolute atomic E-state index is 0.134. The van der Waals surface area contributed by atoms with Gasteiger partial charge in [-0.05, 0) is 41.5 Å². The highest BCUT2D eigenvalue weighted by atomic mass is 32.1. The lowest BCUT2D eigenvalue weighted by Crippen LogP contribution is -2.03. The van der Waals surface area contributed by atoms with Crippen molar-refractivity contribution in [1.82, 2.24) is 0 Å². The lowest BCUT2D eigenvalue weighted by molar-refractivity contribution is 0.820. The summed E-state index contributed by atoms with van der Waals surface area (Å²) < 4.78 is 1.33. The number of rotatable bonds is 1. The number of fused-ring (bicyclic) bond motifs is 1. The minimum Gasteiger partial charge on any atom is -0.324 e. The summed E-state index contributed by atoms with van der Waals surface area (Å²) in [7, 11) is 0. The van der Waals surface area contributed by atoms with Crippen LogP contribution in [0.2, 0.25) is 0 Å². The van der Waals surface area contributed by atoms with Crippen molar-refractivity contribution in [2.45, 2.75) is 13.0 Å². The van der Waals surface area contributed by atoms with E-state index in [0.717, 1.165) is 0 Å². The topological polar surface area (TPSA) is 26.0 Å². The molecule has 0 bridgehead atoms. The van der Waals surface area contributed by atoms with Gasteiger partial charge in [0.2, 0.25) is 0 Å². The molecule has 0 fully saturated rings. The molecule has 1 aromatic carbocycles. The Morgan fingerprint density at radius 3 is 2.92 bits per heavy atom. The van der Waals surface area contributed by atoms with Crippen molar-refractivity contribution < 1.29 is 0 Å². The maximum absolute atomic E-state index is 5.78. The van der Waals surface area contributed by atoms with Crippen LogP contribution in [0.25, 0.3) is 10.1 Å². The second kappa shape index (κ2) is 2.88. The van der Waals surface area contributed by atoms with Gasteiger partial charge in [-0.25, -0.2) is 0 Å². The van der Waals surface area contributed by atoms with Gasteiger partial charge in [0, 0.05) is 10.7 Å². The van der Waals surface area contributed by atoms with Gasteiger partial charge >= 0.3 is 0 Å². The average molecular weight is 177 g/mol. The van der Waals surface area contributed by atoms with Crippen LogP contribution in [0.15, 0.2) is 29.6 Å². The molecule has 62 valence electrons. The summed E-state index contributed by atoms with van der Waals surface area (Å²) in [6.45, 7) is 2.01. The van der Waals surface area contributed by atoms with E-state index in [1.807, 2.05) is 6.92 Å². The molecule has 2 aromatic rings. The fraction of sp³-hybridized carbons (Fsp3) is 0.200. The molecule has 1 aromatic heterocycles. The second-order valence-corrected chi connectivity index (χ2v) is 3.95. The predicted octanol–water partition coefficient (Wildman–Crippen LogP) is 2.92. The van der Waals surface area contributed by atoms with E-state index in [2.05, 4.69) is 29.6 Å². The Kier molecular flexibility index (Phi) is 1.87. The van der Waals surface area contributed by atoms with Crippen molar-refractivity contribution in [3.05, 3.63) is 35.2 Å². The maximum Gasteiger partial charge on any atom is 0.0342 e. The minimum atomic E-state index is 0.134. The van der Waals surface area contributed by atoms with Gasteiger partial charge in [0.15, 0.2) is 0 Å². The molecule has 1 heterocycles. The van der Waals surface area contributed by atoms with Gasteiger partial charge in [0.25, 0.3) is 0 Å². The van der Waals surface area contributed by atoms with Crippen molar-refractivity contribution in [2.75, 3.05) is 0 Å². The fourth-order valence-electron chi connectivity index (χ4n) is 1.27. The highest BCUT2D eigenvalue weighted by Gasteiger charge is 2.00. The fourth-order valence-corrected chi connectivity index (χ4v) is 2.04. The molecular weight excluding hydrogens is 166 g/mol. The summed E-state index contributed by atoms with van der Waals surface area (Å²) in [6, 6.07) is 8.67. The van der Waals surface area contributed by atoms with Crippen molar-refractivity contribution in [2.24, 2.45) is 5.73 Å². The molecule has 0 aliphatic rings. The third-order valence-corrected chi connectivity index (χ3v) is 2.90. The summed E-state index contributed by atoms with van der Waals surface area (Å²) in [4.78, 5) is 0. The Labute approximate surface area is 75.8 Å². The van der Waals surface area contributed by atoms with Crippen LogP contribution in [0.1, 0.15) is 18.5 Å². The molecule has 12 heavy (non-hydrogen) atoms. The van der Waals surface area contributed by atoms with Gasteiger partial charge in [-0.2, -0.15) is 0 Å². The van der Waals surface area contributed by atoms with Crippen LogP contribution >= 0.6 is 11.3 Å². The smallest absolute Gasteiger partial charge is 0.0342 e. The summed E-state index contributed by atoms with van der Waals surface area (Å²) >= 11 is 1.77.